The number of nitrogens with one attached hydrogen (secondary N) is 1. The maximum atomic E-state index is 12.4. The van der Waals surface area contributed by atoms with Crippen LogP contribution in [-0.2, 0) is 16.0 Å². The number of para-hydroxylation sites is 2. The third-order valence-corrected chi connectivity index (χ3v) is 4.47. The highest BCUT2D eigenvalue weighted by Gasteiger charge is 2.25. The van der Waals surface area contributed by atoms with E-state index in [1.165, 1.54) is 6.07 Å². The Kier molecular flexibility index (Phi) is 4.01. The molecule has 0 saturated carbocycles. The largest absolute Gasteiger partial charge is 0.451 e. The summed E-state index contributed by atoms with van der Waals surface area (Å²) >= 11 is 0. The van der Waals surface area contributed by atoms with Crippen molar-refractivity contribution in [1.29, 1.82) is 0 Å². The number of rotatable bonds is 3. The first-order valence-corrected chi connectivity index (χ1v) is 8.31. The van der Waals surface area contributed by atoms with Gasteiger partial charge in [0.05, 0.1) is 0 Å². The molecule has 0 radical (unpaired) electrons. The van der Waals surface area contributed by atoms with Gasteiger partial charge in [0, 0.05) is 29.2 Å². The first kappa shape index (κ1) is 16.1. The lowest BCUT2D eigenvalue weighted by atomic mass is 10.2. The number of aromatic amines is 1. The molecule has 1 aliphatic rings. The number of nitrogens with zero attached hydrogens (tertiary/aromatic N) is 1. The number of hydrogen-bond donors (Lipinski definition) is 1. The second kappa shape index (κ2) is 6.48. The Labute approximate surface area is 149 Å². The third-order valence-electron chi connectivity index (χ3n) is 4.47. The minimum absolute atomic E-state index is 0.0309. The van der Waals surface area contributed by atoms with Gasteiger partial charge in [-0.15, -0.1) is 0 Å². The molecule has 0 saturated heterocycles. The molecule has 1 N–H and O–H groups in total. The van der Waals surface area contributed by atoms with Gasteiger partial charge in [-0.2, -0.15) is 0 Å². The second-order valence-electron chi connectivity index (χ2n) is 6.09. The summed E-state index contributed by atoms with van der Waals surface area (Å²) in [5, 5.41) is 0.494. The van der Waals surface area contributed by atoms with Gasteiger partial charge in [-0.3, -0.25) is 9.59 Å². The first-order valence-electron chi connectivity index (χ1n) is 8.31. The maximum Gasteiger partial charge on any atom is 0.355 e. The highest BCUT2D eigenvalue weighted by molar-refractivity contribution is 5.98. The Bertz CT molecular complexity index is 1070. The number of carbonyl (C=O) groups excluding carboxylic acids is 2. The lowest BCUT2D eigenvalue weighted by molar-refractivity contribution is -0.121. The number of fused-ring (bicyclic) bond motifs is 2. The normalized spacial score (nSPS) is 12.8. The molecule has 2 heterocycles. The average molecular weight is 348 g/mol. The molecule has 0 bridgehead atoms. The molecule has 130 valence electrons. The number of ether oxygens (including phenoxy) is 1. The number of aromatic nitrogens is 1. The fourth-order valence-corrected chi connectivity index (χ4v) is 3.19. The van der Waals surface area contributed by atoms with Crippen LogP contribution >= 0.6 is 0 Å². The Hall–Kier alpha value is -3.41. The molecule has 0 aliphatic carbocycles. The monoisotopic (exact) mass is 348 g/mol. The van der Waals surface area contributed by atoms with Gasteiger partial charge in [0.15, 0.2) is 12.0 Å². The predicted molar refractivity (Wildman–Crippen MR) is 97.4 cm³/mol. The van der Waals surface area contributed by atoms with E-state index in [2.05, 4.69) is 4.98 Å². The zero-order valence-electron chi connectivity index (χ0n) is 13.9. The van der Waals surface area contributed by atoms with Gasteiger partial charge < -0.3 is 14.6 Å². The van der Waals surface area contributed by atoms with Gasteiger partial charge in [0.2, 0.25) is 0 Å². The summed E-state index contributed by atoms with van der Waals surface area (Å²) in [5.74, 6) is -1.01. The van der Waals surface area contributed by atoms with Gasteiger partial charge in [0.1, 0.15) is 5.69 Å². The summed E-state index contributed by atoms with van der Waals surface area (Å²) in [6.45, 7) is 0.199. The van der Waals surface area contributed by atoms with E-state index in [1.807, 2.05) is 24.3 Å². The number of esters is 1. The third kappa shape index (κ3) is 2.86. The molecule has 0 unspecified atom stereocenters. The van der Waals surface area contributed by atoms with E-state index in [0.717, 1.165) is 17.7 Å². The van der Waals surface area contributed by atoms with Crippen LogP contribution in [0.2, 0.25) is 0 Å². The molecule has 0 atom stereocenters. The number of amides is 1. The molecule has 1 aromatic heterocycles. The smallest absolute Gasteiger partial charge is 0.355 e. The summed E-state index contributed by atoms with van der Waals surface area (Å²) in [4.78, 5) is 41.2. The van der Waals surface area contributed by atoms with Gasteiger partial charge in [-0.05, 0) is 30.2 Å². The van der Waals surface area contributed by atoms with Crippen LogP contribution in [0.1, 0.15) is 16.1 Å². The number of H-pyrrole nitrogens is 1. The van der Waals surface area contributed by atoms with Crippen LogP contribution in [0.4, 0.5) is 5.69 Å². The quantitative estimate of drug-likeness (QED) is 0.737. The highest BCUT2D eigenvalue weighted by atomic mass is 16.5. The molecule has 3 aromatic rings. The summed E-state index contributed by atoms with van der Waals surface area (Å²) in [6, 6.07) is 15.8. The minimum Gasteiger partial charge on any atom is -0.451 e. The van der Waals surface area contributed by atoms with Gasteiger partial charge >= 0.3 is 5.97 Å². The van der Waals surface area contributed by atoms with E-state index in [1.54, 1.807) is 29.2 Å². The topological polar surface area (TPSA) is 79.5 Å². The summed E-state index contributed by atoms with van der Waals surface area (Å²) in [6.07, 6.45) is 0.786. The van der Waals surface area contributed by atoms with E-state index in [9.17, 15) is 14.4 Å². The van der Waals surface area contributed by atoms with Gasteiger partial charge in [-0.25, -0.2) is 4.79 Å². The van der Waals surface area contributed by atoms with Gasteiger partial charge in [0.25, 0.3) is 5.91 Å². The van der Waals surface area contributed by atoms with Crippen LogP contribution in [0.3, 0.4) is 0 Å². The molecule has 0 spiro atoms. The van der Waals surface area contributed by atoms with Crippen LogP contribution < -0.4 is 10.3 Å². The predicted octanol–water partition coefficient (Wildman–Crippen LogP) is 2.27. The lowest BCUT2D eigenvalue weighted by Gasteiger charge is -2.17. The molecular formula is C20H16N2O4. The Morgan fingerprint density at radius 2 is 1.85 bits per heavy atom. The molecule has 6 heteroatoms. The molecule has 1 amide bonds. The number of hydrogen-bond acceptors (Lipinski definition) is 4. The minimum atomic E-state index is -0.728. The Morgan fingerprint density at radius 1 is 1.08 bits per heavy atom. The summed E-state index contributed by atoms with van der Waals surface area (Å²) in [7, 11) is 0. The van der Waals surface area contributed by atoms with Crippen molar-refractivity contribution in [2.24, 2.45) is 0 Å². The van der Waals surface area contributed by atoms with Crippen LogP contribution in [0.15, 0.2) is 59.4 Å². The van der Waals surface area contributed by atoms with Crippen molar-refractivity contribution in [2.45, 2.75) is 6.42 Å². The van der Waals surface area contributed by atoms with Crippen LogP contribution in [0.5, 0.6) is 0 Å². The molecule has 26 heavy (non-hydrogen) atoms. The fraction of sp³-hybridized carbons (Fsp3) is 0.150. The van der Waals surface area contributed by atoms with E-state index in [0.29, 0.717) is 17.4 Å². The SMILES string of the molecule is O=C(OCC(=O)N1CCc2ccccc21)c1cc(=O)c2ccccc2[nH]1. The zero-order valence-corrected chi connectivity index (χ0v) is 13.9. The zero-order chi connectivity index (χ0) is 18.1. The van der Waals surface area contributed by atoms with Crippen molar-refractivity contribution in [3.8, 4) is 0 Å². The lowest BCUT2D eigenvalue weighted by Crippen LogP contribution is -2.33. The van der Waals surface area contributed by atoms with Crippen molar-refractivity contribution in [1.82, 2.24) is 4.98 Å². The number of benzene rings is 2. The van der Waals surface area contributed by atoms with Crippen molar-refractivity contribution >= 4 is 28.5 Å². The van der Waals surface area contributed by atoms with Gasteiger partial charge in [-0.1, -0.05) is 30.3 Å². The molecule has 2 aromatic carbocycles. The molecule has 0 fully saturated rings. The van der Waals surface area contributed by atoms with Crippen LogP contribution in [0.25, 0.3) is 10.9 Å². The Balaban J connectivity index is 1.48. The molecule has 4 rings (SSSR count). The number of carbonyl (C=O) groups is 2. The van der Waals surface area contributed by atoms with Crippen molar-refractivity contribution < 1.29 is 14.3 Å². The first-order chi connectivity index (χ1) is 12.6. The van der Waals surface area contributed by atoms with Crippen LogP contribution in [0, 0.1) is 0 Å². The summed E-state index contributed by atoms with van der Waals surface area (Å²) < 4.78 is 5.12. The molecule has 1 aliphatic heterocycles. The van der Waals surface area contributed by atoms with Crippen LogP contribution in [-0.4, -0.2) is 30.0 Å². The Morgan fingerprint density at radius 3 is 2.73 bits per heavy atom. The maximum absolute atomic E-state index is 12.4. The molecule has 6 nitrogen and oxygen atoms in total. The van der Waals surface area contributed by atoms with Crippen molar-refractivity contribution in [2.75, 3.05) is 18.1 Å². The fourth-order valence-electron chi connectivity index (χ4n) is 3.19. The van der Waals surface area contributed by atoms with E-state index in [-0.39, 0.29) is 23.6 Å². The number of pyridine rings is 1. The van der Waals surface area contributed by atoms with E-state index in [4.69, 9.17) is 4.74 Å². The second-order valence-corrected chi connectivity index (χ2v) is 6.09. The highest BCUT2D eigenvalue weighted by Crippen LogP contribution is 2.27. The van der Waals surface area contributed by atoms with E-state index < -0.39 is 5.97 Å². The average Bonchev–Trinajstić information content (AvgIpc) is 3.10. The van der Waals surface area contributed by atoms with Crippen molar-refractivity contribution in [3.63, 3.8) is 0 Å². The van der Waals surface area contributed by atoms with Crippen molar-refractivity contribution in [3.05, 3.63) is 76.1 Å². The summed E-state index contributed by atoms with van der Waals surface area (Å²) in [5.41, 5.74) is 2.26. The standard InChI is InChI=1S/C20H16N2O4/c23-18-11-16(21-15-7-3-2-6-14(15)18)20(25)26-12-19(24)22-10-9-13-5-1-4-8-17(13)22/h1-8,11H,9-10,12H2,(H,21,23). The molecular weight excluding hydrogens is 332 g/mol. The number of anilines is 1. The van der Waals surface area contributed by atoms with E-state index >= 15 is 0 Å².